The first-order valence-corrected chi connectivity index (χ1v) is 12.7. The van der Waals surface area contributed by atoms with E-state index in [1.54, 1.807) is 24.3 Å². The summed E-state index contributed by atoms with van der Waals surface area (Å²) >= 11 is 1.35. The summed E-state index contributed by atoms with van der Waals surface area (Å²) in [6.07, 6.45) is 5.01. The smallest absolute Gasteiger partial charge is 0.338 e. The number of anilines is 1. The number of thioether (sulfide) groups is 1. The Morgan fingerprint density at radius 3 is 2.18 bits per heavy atom. The van der Waals surface area contributed by atoms with Crippen molar-refractivity contribution in [2.75, 3.05) is 24.6 Å². The zero-order valence-corrected chi connectivity index (χ0v) is 20.5. The number of nitrogens with zero attached hydrogens (tertiary/aromatic N) is 2. The lowest BCUT2D eigenvalue weighted by molar-refractivity contribution is -0.121. The highest BCUT2D eigenvalue weighted by atomic mass is 32.2. The molecule has 0 atom stereocenters. The molecule has 0 aliphatic carbocycles. The van der Waals surface area contributed by atoms with Crippen LogP contribution in [0, 0.1) is 6.92 Å². The molecule has 2 heterocycles. The Kier molecular flexibility index (Phi) is 7.73. The van der Waals surface area contributed by atoms with Gasteiger partial charge in [-0.15, -0.1) is 0 Å². The summed E-state index contributed by atoms with van der Waals surface area (Å²) in [5, 5.41) is 0. The molecule has 0 spiro atoms. The lowest BCUT2D eigenvalue weighted by Gasteiger charge is -2.24. The van der Waals surface area contributed by atoms with E-state index in [2.05, 4.69) is 4.90 Å². The molecular formula is C27H30N2O4S. The molecule has 0 radical (unpaired) electrons. The highest BCUT2D eigenvalue weighted by molar-refractivity contribution is 8.04. The molecule has 7 heteroatoms. The molecule has 1 fully saturated rings. The number of hydrogen-bond donors (Lipinski definition) is 0. The second-order valence-electron chi connectivity index (χ2n) is 8.62. The van der Waals surface area contributed by atoms with Crippen LogP contribution in [0.4, 0.5) is 5.69 Å². The highest BCUT2D eigenvalue weighted by Gasteiger charge is 2.42. The van der Waals surface area contributed by atoms with Crippen molar-refractivity contribution in [2.45, 2.75) is 50.8 Å². The lowest BCUT2D eigenvalue weighted by atomic mass is 10.2. The maximum atomic E-state index is 13.6. The van der Waals surface area contributed by atoms with Crippen LogP contribution < -0.4 is 4.90 Å². The largest absolute Gasteiger partial charge is 0.462 e. The van der Waals surface area contributed by atoms with Crippen molar-refractivity contribution < 1.29 is 19.1 Å². The number of esters is 1. The lowest BCUT2D eigenvalue weighted by Crippen LogP contribution is -2.35. The third-order valence-electron chi connectivity index (χ3n) is 5.98. The van der Waals surface area contributed by atoms with Crippen LogP contribution in [0.3, 0.4) is 0 Å². The van der Waals surface area contributed by atoms with Gasteiger partial charge in [0.15, 0.2) is 0 Å². The van der Waals surface area contributed by atoms with Gasteiger partial charge in [0.25, 0.3) is 11.8 Å². The Morgan fingerprint density at radius 2 is 1.56 bits per heavy atom. The second kappa shape index (κ2) is 10.9. The van der Waals surface area contributed by atoms with E-state index in [-0.39, 0.29) is 11.8 Å². The minimum atomic E-state index is -0.411. The second-order valence-corrected chi connectivity index (χ2v) is 9.71. The topological polar surface area (TPSA) is 66.9 Å². The van der Waals surface area contributed by atoms with Crippen LogP contribution in [0.15, 0.2) is 64.0 Å². The maximum absolute atomic E-state index is 13.6. The predicted molar refractivity (Wildman–Crippen MR) is 134 cm³/mol. The van der Waals surface area contributed by atoms with Crippen LogP contribution >= 0.6 is 11.8 Å². The molecule has 2 aliphatic heterocycles. The van der Waals surface area contributed by atoms with Crippen LogP contribution in [-0.4, -0.2) is 42.4 Å². The van der Waals surface area contributed by atoms with Gasteiger partial charge < -0.3 is 9.64 Å². The SMILES string of the molecule is CCCOC(=O)c1ccc(N2C(=O)C(Sc3ccc(C)cc3)=C(N3CCCCCC3)C2=O)cc1. The Morgan fingerprint density at radius 1 is 0.912 bits per heavy atom. The summed E-state index contributed by atoms with van der Waals surface area (Å²) in [5.74, 6) is -1.04. The molecule has 4 rings (SSSR count). The van der Waals surface area contributed by atoms with Gasteiger partial charge in [0.2, 0.25) is 0 Å². The van der Waals surface area contributed by atoms with Gasteiger partial charge in [-0.3, -0.25) is 9.59 Å². The van der Waals surface area contributed by atoms with Gasteiger partial charge in [0.05, 0.1) is 17.9 Å². The summed E-state index contributed by atoms with van der Waals surface area (Å²) in [7, 11) is 0. The summed E-state index contributed by atoms with van der Waals surface area (Å²) < 4.78 is 5.18. The van der Waals surface area contributed by atoms with Crippen molar-refractivity contribution in [3.63, 3.8) is 0 Å². The summed E-state index contributed by atoms with van der Waals surface area (Å²) in [4.78, 5) is 44.1. The van der Waals surface area contributed by atoms with E-state index >= 15 is 0 Å². The molecule has 6 nitrogen and oxygen atoms in total. The molecule has 0 N–H and O–H groups in total. The Bertz CT molecular complexity index is 1080. The standard InChI is InChI=1S/C27H30N2O4S/c1-3-18-33-27(32)20-10-12-21(13-11-20)29-25(30)23(28-16-6-4-5-7-17-28)24(26(29)31)34-22-14-8-19(2)9-15-22/h8-15H,3-7,16-18H2,1-2H3. The molecule has 2 aromatic carbocycles. The minimum absolute atomic E-state index is 0.303. The zero-order valence-electron chi connectivity index (χ0n) is 19.7. The molecule has 34 heavy (non-hydrogen) atoms. The number of hydrogen-bond acceptors (Lipinski definition) is 6. The predicted octanol–water partition coefficient (Wildman–Crippen LogP) is 5.31. The fraction of sp³-hybridized carbons (Fsp3) is 0.370. The van der Waals surface area contributed by atoms with Crippen molar-refractivity contribution >= 4 is 35.2 Å². The van der Waals surface area contributed by atoms with Crippen LogP contribution in [-0.2, 0) is 14.3 Å². The normalized spacial score (nSPS) is 16.8. The van der Waals surface area contributed by atoms with Gasteiger partial charge in [-0.25, -0.2) is 9.69 Å². The molecule has 2 amide bonds. The van der Waals surface area contributed by atoms with Gasteiger partial charge in [-0.2, -0.15) is 0 Å². The van der Waals surface area contributed by atoms with Gasteiger partial charge in [0.1, 0.15) is 10.6 Å². The summed E-state index contributed by atoms with van der Waals surface area (Å²) in [5.41, 5.74) is 2.48. The number of carbonyl (C=O) groups is 3. The van der Waals surface area contributed by atoms with Crippen molar-refractivity contribution in [3.05, 3.63) is 70.3 Å². The van der Waals surface area contributed by atoms with Gasteiger partial charge in [-0.1, -0.05) is 49.2 Å². The van der Waals surface area contributed by atoms with Gasteiger partial charge >= 0.3 is 5.97 Å². The van der Waals surface area contributed by atoms with E-state index in [0.29, 0.717) is 28.5 Å². The fourth-order valence-electron chi connectivity index (χ4n) is 4.15. The minimum Gasteiger partial charge on any atom is -0.462 e. The van der Waals surface area contributed by atoms with Crippen LogP contribution in [0.5, 0.6) is 0 Å². The van der Waals surface area contributed by atoms with Gasteiger partial charge in [-0.05, 0) is 62.6 Å². The average Bonchev–Trinajstić information content (AvgIpc) is 3.01. The van der Waals surface area contributed by atoms with E-state index in [4.69, 9.17) is 4.74 Å². The van der Waals surface area contributed by atoms with Crippen LogP contribution in [0.25, 0.3) is 0 Å². The summed E-state index contributed by atoms with van der Waals surface area (Å²) in [6.45, 7) is 5.84. The van der Waals surface area contributed by atoms with Crippen molar-refractivity contribution in [1.29, 1.82) is 0 Å². The number of rotatable bonds is 7. The molecule has 0 aromatic heterocycles. The van der Waals surface area contributed by atoms with Crippen molar-refractivity contribution in [2.24, 2.45) is 0 Å². The molecule has 2 aromatic rings. The van der Waals surface area contributed by atoms with Crippen LogP contribution in [0.1, 0.15) is 54.9 Å². The fourth-order valence-corrected chi connectivity index (χ4v) is 5.15. The number of likely N-dealkylation sites (tertiary alicyclic amines) is 1. The first-order valence-electron chi connectivity index (χ1n) is 11.9. The summed E-state index contributed by atoms with van der Waals surface area (Å²) in [6, 6.07) is 14.4. The first kappa shape index (κ1) is 24.1. The molecule has 0 unspecified atom stereocenters. The van der Waals surface area contributed by atoms with E-state index < -0.39 is 5.97 Å². The molecular weight excluding hydrogens is 448 g/mol. The van der Waals surface area contributed by atoms with Gasteiger partial charge in [0, 0.05) is 18.0 Å². The number of benzene rings is 2. The quantitative estimate of drug-likeness (QED) is 0.397. The number of imide groups is 1. The van der Waals surface area contributed by atoms with E-state index in [0.717, 1.165) is 55.7 Å². The first-order chi connectivity index (χ1) is 16.5. The van der Waals surface area contributed by atoms with Crippen LogP contribution in [0.2, 0.25) is 0 Å². The highest BCUT2D eigenvalue weighted by Crippen LogP contribution is 2.39. The van der Waals surface area contributed by atoms with E-state index in [1.165, 1.54) is 16.7 Å². The molecule has 178 valence electrons. The Labute approximate surface area is 205 Å². The van der Waals surface area contributed by atoms with E-state index in [1.807, 2.05) is 38.1 Å². The number of aryl methyl sites for hydroxylation is 1. The zero-order chi connectivity index (χ0) is 24.1. The third kappa shape index (κ3) is 5.20. The van der Waals surface area contributed by atoms with Crippen molar-refractivity contribution in [3.8, 4) is 0 Å². The van der Waals surface area contributed by atoms with E-state index in [9.17, 15) is 14.4 Å². The molecule has 0 saturated carbocycles. The molecule has 1 saturated heterocycles. The molecule has 2 aliphatic rings. The number of ether oxygens (including phenoxy) is 1. The maximum Gasteiger partial charge on any atom is 0.338 e. The Hall–Kier alpha value is -3.06. The average molecular weight is 479 g/mol. The van der Waals surface area contributed by atoms with Crippen molar-refractivity contribution in [1.82, 2.24) is 4.90 Å². The molecule has 0 bridgehead atoms. The monoisotopic (exact) mass is 478 g/mol. The Balaban J connectivity index is 1.64. The number of amides is 2. The third-order valence-corrected chi connectivity index (χ3v) is 7.06. The number of carbonyl (C=O) groups excluding carboxylic acids is 3.